The lowest BCUT2D eigenvalue weighted by atomic mass is 10.1. The van der Waals surface area contributed by atoms with Crippen molar-refractivity contribution in [3.8, 4) is 0 Å². The smallest absolute Gasteiger partial charge is 0.228 e. The molecular formula is C8H5Br3O. The van der Waals surface area contributed by atoms with Crippen molar-refractivity contribution in [3.05, 3.63) is 35.4 Å². The second-order valence-electron chi connectivity index (χ2n) is 2.16. The summed E-state index contributed by atoms with van der Waals surface area (Å²) in [5, 5.41) is 0. The van der Waals surface area contributed by atoms with Gasteiger partial charge in [0.25, 0.3) is 0 Å². The summed E-state index contributed by atoms with van der Waals surface area (Å²) >= 11 is 9.61. The van der Waals surface area contributed by atoms with Gasteiger partial charge in [-0.2, -0.15) is 0 Å². The summed E-state index contributed by atoms with van der Waals surface area (Å²) < 4.78 is -0.0790. The van der Waals surface area contributed by atoms with E-state index >= 15 is 0 Å². The molecule has 0 amide bonds. The van der Waals surface area contributed by atoms with E-state index in [1.54, 1.807) is 6.07 Å². The van der Waals surface area contributed by atoms with Crippen LogP contribution in [0.5, 0.6) is 0 Å². The Morgan fingerprint density at radius 3 is 2.25 bits per heavy atom. The van der Waals surface area contributed by atoms with Crippen LogP contribution in [0.4, 0.5) is 0 Å². The summed E-state index contributed by atoms with van der Waals surface area (Å²) in [5.41, 5.74) is 1.61. The second kappa shape index (κ2) is 4.53. The first-order valence-electron chi connectivity index (χ1n) is 3.20. The number of halogens is 3. The first kappa shape index (κ1) is 10.4. The number of benzene rings is 1. The highest BCUT2D eigenvalue weighted by atomic mass is 79.9. The Morgan fingerprint density at radius 2 is 1.83 bits per heavy atom. The van der Waals surface area contributed by atoms with E-state index in [-0.39, 0.29) is 8.43 Å². The fraction of sp³-hybridized carbons (Fsp3) is 0.125. The van der Waals surface area contributed by atoms with E-state index in [2.05, 4.69) is 47.8 Å². The Kier molecular flexibility index (Phi) is 3.93. The molecule has 0 spiro atoms. The molecule has 0 aliphatic carbocycles. The van der Waals surface area contributed by atoms with Crippen LogP contribution in [0.15, 0.2) is 24.3 Å². The maximum absolute atomic E-state index is 11.0. The maximum atomic E-state index is 11.0. The minimum atomic E-state index is -0.0954. The molecule has 0 atom stereocenters. The van der Waals surface area contributed by atoms with Crippen molar-refractivity contribution in [1.29, 1.82) is 0 Å². The van der Waals surface area contributed by atoms with Gasteiger partial charge in [-0.05, 0) is 21.5 Å². The lowest BCUT2D eigenvalue weighted by Gasteiger charge is -2.05. The highest BCUT2D eigenvalue weighted by Crippen LogP contribution is 2.32. The van der Waals surface area contributed by atoms with Gasteiger partial charge in [-0.1, -0.05) is 56.1 Å². The topological polar surface area (TPSA) is 17.1 Å². The van der Waals surface area contributed by atoms with Gasteiger partial charge in [0.1, 0.15) is 0 Å². The van der Waals surface area contributed by atoms with Gasteiger partial charge >= 0.3 is 0 Å². The van der Waals surface area contributed by atoms with E-state index in [1.807, 2.05) is 18.2 Å². The molecule has 64 valence electrons. The highest BCUT2D eigenvalue weighted by molar-refractivity contribution is 9.24. The number of alkyl halides is 2. The Balaban J connectivity index is 3.17. The third-order valence-electron chi connectivity index (χ3n) is 1.41. The van der Waals surface area contributed by atoms with Crippen molar-refractivity contribution in [1.82, 2.24) is 0 Å². The highest BCUT2D eigenvalue weighted by Gasteiger charge is 2.11. The van der Waals surface area contributed by atoms with Crippen LogP contribution in [-0.2, 0) is 0 Å². The zero-order chi connectivity index (χ0) is 9.14. The fourth-order valence-corrected chi connectivity index (χ4v) is 2.03. The van der Waals surface area contributed by atoms with E-state index in [0.29, 0.717) is 5.56 Å². The van der Waals surface area contributed by atoms with Crippen molar-refractivity contribution in [2.45, 2.75) is 3.74 Å². The van der Waals surface area contributed by atoms with Crippen molar-refractivity contribution < 1.29 is 4.79 Å². The SMILES string of the molecule is O=C(Br)c1ccccc1C(Br)Br. The Morgan fingerprint density at radius 1 is 1.25 bits per heavy atom. The maximum Gasteiger partial charge on any atom is 0.228 e. The predicted molar refractivity (Wildman–Crippen MR) is 60.3 cm³/mol. The predicted octanol–water partition coefficient (Wildman–Crippen LogP) is 4.01. The molecule has 0 bridgehead atoms. The summed E-state index contributed by atoms with van der Waals surface area (Å²) in [7, 11) is 0. The van der Waals surface area contributed by atoms with E-state index < -0.39 is 0 Å². The number of carbonyl (C=O) groups is 1. The van der Waals surface area contributed by atoms with Gasteiger partial charge in [-0.15, -0.1) is 0 Å². The van der Waals surface area contributed by atoms with Crippen LogP contribution in [0.2, 0.25) is 0 Å². The third kappa shape index (κ3) is 2.41. The summed E-state index contributed by atoms with van der Waals surface area (Å²) in [6, 6.07) is 7.40. The molecular weight excluding hydrogens is 352 g/mol. The van der Waals surface area contributed by atoms with E-state index in [0.717, 1.165) is 5.56 Å². The second-order valence-corrected chi connectivity index (χ2v) is 5.94. The number of hydrogen-bond donors (Lipinski definition) is 0. The van der Waals surface area contributed by atoms with Crippen LogP contribution >= 0.6 is 47.8 Å². The molecule has 0 radical (unpaired) electrons. The molecule has 0 aliphatic heterocycles. The fourth-order valence-electron chi connectivity index (χ4n) is 0.866. The molecule has 0 N–H and O–H groups in total. The molecule has 0 saturated heterocycles. The van der Waals surface area contributed by atoms with Crippen molar-refractivity contribution in [3.63, 3.8) is 0 Å². The summed E-state index contributed by atoms with van der Waals surface area (Å²) in [6.07, 6.45) is 0. The lowest BCUT2D eigenvalue weighted by Crippen LogP contribution is -1.94. The van der Waals surface area contributed by atoms with Crippen molar-refractivity contribution >= 4 is 52.5 Å². The zero-order valence-corrected chi connectivity index (χ0v) is 10.7. The van der Waals surface area contributed by atoms with Gasteiger partial charge in [-0.25, -0.2) is 0 Å². The normalized spacial score (nSPS) is 10.3. The average molecular weight is 357 g/mol. The molecule has 0 saturated carbocycles. The van der Waals surface area contributed by atoms with Crippen LogP contribution in [0, 0.1) is 0 Å². The molecule has 0 unspecified atom stereocenters. The van der Waals surface area contributed by atoms with Gasteiger partial charge in [0, 0.05) is 5.56 Å². The van der Waals surface area contributed by atoms with Gasteiger partial charge in [0.15, 0.2) is 0 Å². The first-order chi connectivity index (χ1) is 5.63. The van der Waals surface area contributed by atoms with Gasteiger partial charge in [0.2, 0.25) is 4.69 Å². The number of rotatable bonds is 2. The quantitative estimate of drug-likeness (QED) is 0.578. The average Bonchev–Trinajstić information content (AvgIpc) is 2.04. The van der Waals surface area contributed by atoms with Gasteiger partial charge in [-0.3, -0.25) is 4.79 Å². The van der Waals surface area contributed by atoms with Crippen LogP contribution in [-0.4, -0.2) is 4.69 Å². The minimum absolute atomic E-state index is 0.0164. The van der Waals surface area contributed by atoms with Gasteiger partial charge in [0.05, 0.1) is 3.74 Å². The van der Waals surface area contributed by atoms with Crippen LogP contribution in [0.25, 0.3) is 0 Å². The van der Waals surface area contributed by atoms with Crippen LogP contribution < -0.4 is 0 Å². The molecule has 4 heteroatoms. The lowest BCUT2D eigenvalue weighted by molar-refractivity contribution is 0.109. The molecule has 1 rings (SSSR count). The molecule has 1 nitrogen and oxygen atoms in total. The molecule has 0 aliphatic rings. The Labute approximate surface area is 95.9 Å². The summed E-state index contributed by atoms with van der Waals surface area (Å²) in [6.45, 7) is 0. The monoisotopic (exact) mass is 354 g/mol. The van der Waals surface area contributed by atoms with Crippen LogP contribution in [0.1, 0.15) is 19.7 Å². The molecule has 0 fully saturated rings. The minimum Gasteiger partial charge on any atom is -0.281 e. The molecule has 0 aromatic heterocycles. The summed E-state index contributed by atoms with van der Waals surface area (Å²) in [5.74, 6) is 0. The van der Waals surface area contributed by atoms with E-state index in [4.69, 9.17) is 0 Å². The molecule has 12 heavy (non-hydrogen) atoms. The van der Waals surface area contributed by atoms with E-state index in [9.17, 15) is 4.79 Å². The van der Waals surface area contributed by atoms with Crippen molar-refractivity contribution in [2.75, 3.05) is 0 Å². The third-order valence-corrected chi connectivity index (χ3v) is 2.82. The van der Waals surface area contributed by atoms with Crippen molar-refractivity contribution in [2.24, 2.45) is 0 Å². The standard InChI is InChI=1S/C8H5Br3O/c9-7(10)5-3-1-2-4-6(5)8(11)12/h1-4,7H. The first-order valence-corrected chi connectivity index (χ1v) is 5.82. The Hall–Kier alpha value is 0.330. The molecule has 0 heterocycles. The molecule has 1 aromatic rings. The molecule has 1 aromatic carbocycles. The van der Waals surface area contributed by atoms with Crippen LogP contribution in [0.3, 0.4) is 0 Å². The number of hydrogen-bond acceptors (Lipinski definition) is 1. The largest absolute Gasteiger partial charge is 0.281 e. The summed E-state index contributed by atoms with van der Waals surface area (Å²) in [4.78, 5) is 11.0. The number of carbonyl (C=O) groups excluding carboxylic acids is 1. The van der Waals surface area contributed by atoms with Gasteiger partial charge < -0.3 is 0 Å². The zero-order valence-electron chi connectivity index (χ0n) is 5.93. The van der Waals surface area contributed by atoms with E-state index in [1.165, 1.54) is 0 Å². The Bertz CT molecular complexity index is 296.